The van der Waals surface area contributed by atoms with Crippen LogP contribution in [0.4, 0.5) is 0 Å². The van der Waals surface area contributed by atoms with Crippen molar-refractivity contribution >= 4 is 38.2 Å². The van der Waals surface area contributed by atoms with Crippen molar-refractivity contribution in [3.8, 4) is 11.5 Å². The third-order valence-corrected chi connectivity index (χ3v) is 5.76. The first-order chi connectivity index (χ1) is 13.2. The van der Waals surface area contributed by atoms with Gasteiger partial charge in [-0.1, -0.05) is 41.7 Å². The van der Waals surface area contributed by atoms with E-state index in [1.807, 2.05) is 66.2 Å². The number of nitrogens with zero attached hydrogens (tertiary/aromatic N) is 2. The molecule has 1 aromatic heterocycles. The number of thiazole rings is 1. The zero-order valence-corrected chi connectivity index (χ0v) is 15.5. The van der Waals surface area contributed by atoms with Crippen LogP contribution in [-0.4, -0.2) is 23.7 Å². The molecule has 0 radical (unpaired) electrons. The molecule has 0 aliphatic carbocycles. The average molecular weight is 376 g/mol. The van der Waals surface area contributed by atoms with Gasteiger partial charge in [-0.3, -0.25) is 4.79 Å². The summed E-state index contributed by atoms with van der Waals surface area (Å²) >= 11 is 1.46. The summed E-state index contributed by atoms with van der Waals surface area (Å²) < 4.78 is 14.2. The quantitative estimate of drug-likeness (QED) is 0.506. The summed E-state index contributed by atoms with van der Waals surface area (Å²) in [5.41, 5.74) is 1.55. The highest BCUT2D eigenvalue weighted by molar-refractivity contribution is 7.16. The third kappa shape index (κ3) is 2.78. The van der Waals surface area contributed by atoms with E-state index in [0.717, 1.165) is 32.5 Å². The number of hydrogen-bond donors (Lipinski definition) is 0. The highest BCUT2D eigenvalue weighted by Gasteiger charge is 2.16. The van der Waals surface area contributed by atoms with Crippen molar-refractivity contribution in [1.82, 2.24) is 4.57 Å². The van der Waals surface area contributed by atoms with E-state index in [1.165, 1.54) is 11.3 Å². The SMILES string of the molecule is Cn1c(=NC(=O)c2ccc3ccccc3c2)sc2cc3c(cc21)OCCO3. The van der Waals surface area contributed by atoms with E-state index in [0.29, 0.717) is 23.6 Å². The van der Waals surface area contributed by atoms with Gasteiger partial charge in [0.1, 0.15) is 13.2 Å². The Bertz CT molecular complexity index is 1270. The highest BCUT2D eigenvalue weighted by Crippen LogP contribution is 2.35. The Morgan fingerprint density at radius 1 is 1.00 bits per heavy atom. The van der Waals surface area contributed by atoms with Crippen LogP contribution in [0.25, 0.3) is 21.0 Å². The molecular formula is C21H16N2O3S. The van der Waals surface area contributed by atoms with Crippen molar-refractivity contribution < 1.29 is 14.3 Å². The van der Waals surface area contributed by atoms with E-state index < -0.39 is 0 Å². The normalized spacial score (nSPS) is 14.0. The Labute approximate surface area is 159 Å². The van der Waals surface area contributed by atoms with Gasteiger partial charge in [0.25, 0.3) is 5.91 Å². The zero-order valence-electron chi connectivity index (χ0n) is 14.6. The topological polar surface area (TPSA) is 52.8 Å². The molecule has 0 N–H and O–H groups in total. The van der Waals surface area contributed by atoms with Crippen LogP contribution in [-0.2, 0) is 7.05 Å². The molecule has 6 heteroatoms. The van der Waals surface area contributed by atoms with Crippen molar-refractivity contribution in [2.45, 2.75) is 0 Å². The van der Waals surface area contributed by atoms with Crippen molar-refractivity contribution in [2.24, 2.45) is 12.0 Å². The molecule has 2 heterocycles. The number of hydrogen-bond acceptors (Lipinski definition) is 4. The van der Waals surface area contributed by atoms with E-state index in [-0.39, 0.29) is 5.91 Å². The monoisotopic (exact) mass is 376 g/mol. The Kier molecular flexibility index (Phi) is 3.72. The summed E-state index contributed by atoms with van der Waals surface area (Å²) in [6.07, 6.45) is 0. The molecule has 3 aromatic carbocycles. The lowest BCUT2D eigenvalue weighted by Gasteiger charge is -2.18. The smallest absolute Gasteiger partial charge is 0.279 e. The van der Waals surface area contributed by atoms with E-state index in [9.17, 15) is 4.79 Å². The largest absolute Gasteiger partial charge is 0.486 e. The van der Waals surface area contributed by atoms with Crippen LogP contribution >= 0.6 is 11.3 Å². The van der Waals surface area contributed by atoms with Crippen LogP contribution in [0.2, 0.25) is 0 Å². The molecule has 134 valence electrons. The van der Waals surface area contributed by atoms with E-state index >= 15 is 0 Å². The van der Waals surface area contributed by atoms with Crippen molar-refractivity contribution in [2.75, 3.05) is 13.2 Å². The summed E-state index contributed by atoms with van der Waals surface area (Å²) in [7, 11) is 1.90. The molecule has 1 amide bonds. The number of aromatic nitrogens is 1. The van der Waals surface area contributed by atoms with Crippen molar-refractivity contribution in [3.05, 3.63) is 65.0 Å². The van der Waals surface area contributed by atoms with Crippen LogP contribution in [0.15, 0.2) is 59.6 Å². The van der Waals surface area contributed by atoms with Gasteiger partial charge < -0.3 is 14.0 Å². The molecule has 1 aliphatic rings. The van der Waals surface area contributed by atoms with Gasteiger partial charge in [-0.2, -0.15) is 4.99 Å². The predicted molar refractivity (Wildman–Crippen MR) is 106 cm³/mol. The lowest BCUT2D eigenvalue weighted by atomic mass is 10.1. The second kappa shape index (κ2) is 6.25. The van der Waals surface area contributed by atoms with Gasteiger partial charge in [-0.15, -0.1) is 0 Å². The second-order valence-electron chi connectivity index (χ2n) is 6.39. The number of carbonyl (C=O) groups excluding carboxylic acids is 1. The summed E-state index contributed by atoms with van der Waals surface area (Å²) in [5, 5.41) is 2.13. The van der Waals surface area contributed by atoms with Gasteiger partial charge in [-0.05, 0) is 22.9 Å². The van der Waals surface area contributed by atoms with Gasteiger partial charge in [-0.25, -0.2) is 0 Å². The van der Waals surface area contributed by atoms with Crippen molar-refractivity contribution in [1.29, 1.82) is 0 Å². The molecule has 0 saturated carbocycles. The maximum atomic E-state index is 12.7. The van der Waals surface area contributed by atoms with Crippen LogP contribution in [0.1, 0.15) is 10.4 Å². The minimum Gasteiger partial charge on any atom is -0.486 e. The van der Waals surface area contributed by atoms with Gasteiger partial charge in [0.15, 0.2) is 16.3 Å². The molecule has 5 rings (SSSR count). The van der Waals surface area contributed by atoms with Crippen LogP contribution < -0.4 is 14.3 Å². The molecule has 1 aliphatic heterocycles. The molecule has 0 spiro atoms. The lowest BCUT2D eigenvalue weighted by Crippen LogP contribution is -2.15. The number of ether oxygens (including phenoxy) is 2. The standard InChI is InChI=1S/C21H16N2O3S/c1-23-16-11-17-18(26-9-8-25-17)12-19(16)27-21(23)22-20(24)15-7-6-13-4-2-3-5-14(13)10-15/h2-7,10-12H,8-9H2,1H3. The number of carbonyl (C=O) groups is 1. The van der Waals surface area contributed by atoms with Gasteiger partial charge in [0.2, 0.25) is 0 Å². The molecular weight excluding hydrogens is 360 g/mol. The Morgan fingerprint density at radius 2 is 1.74 bits per heavy atom. The molecule has 0 bridgehead atoms. The predicted octanol–water partition coefficient (Wildman–Crippen LogP) is 3.91. The highest BCUT2D eigenvalue weighted by atomic mass is 32.1. The fourth-order valence-corrected chi connectivity index (χ4v) is 4.27. The van der Waals surface area contributed by atoms with Gasteiger partial charge in [0, 0.05) is 24.7 Å². The Morgan fingerprint density at radius 3 is 2.56 bits per heavy atom. The van der Waals surface area contributed by atoms with Crippen LogP contribution in [0.5, 0.6) is 11.5 Å². The minimum absolute atomic E-state index is 0.250. The first-order valence-electron chi connectivity index (χ1n) is 8.66. The number of aryl methyl sites for hydroxylation is 1. The molecule has 0 atom stereocenters. The van der Waals surface area contributed by atoms with E-state index in [2.05, 4.69) is 4.99 Å². The molecule has 4 aromatic rings. The van der Waals surface area contributed by atoms with Gasteiger partial charge >= 0.3 is 0 Å². The maximum Gasteiger partial charge on any atom is 0.279 e. The fraction of sp³-hybridized carbons (Fsp3) is 0.143. The molecule has 27 heavy (non-hydrogen) atoms. The van der Waals surface area contributed by atoms with Crippen LogP contribution in [0.3, 0.4) is 0 Å². The lowest BCUT2D eigenvalue weighted by molar-refractivity contribution is 0.0998. The molecule has 0 saturated heterocycles. The summed E-state index contributed by atoms with van der Waals surface area (Å²) in [6.45, 7) is 1.09. The number of fused-ring (bicyclic) bond motifs is 3. The molecule has 0 fully saturated rings. The first-order valence-corrected chi connectivity index (χ1v) is 9.48. The minimum atomic E-state index is -0.250. The molecule has 5 nitrogen and oxygen atoms in total. The van der Waals surface area contributed by atoms with Crippen molar-refractivity contribution in [3.63, 3.8) is 0 Å². The summed E-state index contributed by atoms with van der Waals surface area (Å²) in [4.78, 5) is 17.7. The second-order valence-corrected chi connectivity index (χ2v) is 7.40. The summed E-state index contributed by atoms with van der Waals surface area (Å²) in [5.74, 6) is 1.22. The number of benzene rings is 3. The first kappa shape index (κ1) is 16.1. The molecule has 0 unspecified atom stereocenters. The number of amides is 1. The van der Waals surface area contributed by atoms with E-state index in [4.69, 9.17) is 9.47 Å². The third-order valence-electron chi connectivity index (χ3n) is 4.67. The van der Waals surface area contributed by atoms with E-state index in [1.54, 1.807) is 0 Å². The average Bonchev–Trinajstić information content (AvgIpc) is 3.00. The summed E-state index contributed by atoms with van der Waals surface area (Å²) in [6, 6.07) is 17.5. The Balaban J connectivity index is 1.59. The van der Waals surface area contributed by atoms with Gasteiger partial charge in [0.05, 0.1) is 10.2 Å². The fourth-order valence-electron chi connectivity index (χ4n) is 3.24. The number of rotatable bonds is 1. The van der Waals surface area contributed by atoms with Crippen LogP contribution in [0, 0.1) is 0 Å². The Hall–Kier alpha value is -3.12. The zero-order chi connectivity index (χ0) is 18.4. The maximum absolute atomic E-state index is 12.7.